The van der Waals surface area contributed by atoms with Crippen molar-refractivity contribution >= 4 is 11.6 Å². The second kappa shape index (κ2) is 9.84. The Morgan fingerprint density at radius 3 is 2.32 bits per heavy atom. The number of hydrogen-bond donors (Lipinski definition) is 1. The maximum absolute atomic E-state index is 13.1. The van der Waals surface area contributed by atoms with Crippen LogP contribution in [0.4, 0.5) is 0 Å². The van der Waals surface area contributed by atoms with Gasteiger partial charge in [-0.2, -0.15) is 0 Å². The molecule has 4 rings (SSSR count). The number of aliphatic hydroxyl groups is 1. The molecule has 1 heterocycles. The molecule has 0 saturated heterocycles. The Labute approximate surface area is 185 Å². The van der Waals surface area contributed by atoms with Gasteiger partial charge in [0.2, 0.25) is 11.6 Å². The quantitative estimate of drug-likeness (QED) is 0.347. The molecule has 1 aromatic rings. The van der Waals surface area contributed by atoms with E-state index in [1.54, 1.807) is 0 Å². The SMILES string of the molecule is CCCCCCCCCCCC1=C(O)C(=O)C2=C(O[C@@H]3c4ccccc4C[C@@H]3C2)C1=O. The van der Waals surface area contributed by atoms with Crippen molar-refractivity contribution in [3.63, 3.8) is 0 Å². The lowest BCUT2D eigenvalue weighted by Crippen LogP contribution is -2.32. The fourth-order valence-electron chi connectivity index (χ4n) is 5.29. The van der Waals surface area contributed by atoms with E-state index >= 15 is 0 Å². The summed E-state index contributed by atoms with van der Waals surface area (Å²) < 4.78 is 6.16. The number of hydrogen-bond acceptors (Lipinski definition) is 4. The average Bonchev–Trinajstić information content (AvgIpc) is 3.15. The van der Waals surface area contributed by atoms with Gasteiger partial charge in [-0.25, -0.2) is 0 Å². The molecular formula is C27H34O4. The van der Waals surface area contributed by atoms with E-state index in [0.29, 0.717) is 18.4 Å². The minimum Gasteiger partial charge on any atom is -0.504 e. The van der Waals surface area contributed by atoms with Gasteiger partial charge in [0.25, 0.3) is 0 Å². The molecule has 2 atom stereocenters. The van der Waals surface area contributed by atoms with Crippen LogP contribution in [0.5, 0.6) is 0 Å². The van der Waals surface area contributed by atoms with Crippen LogP contribution in [0.1, 0.15) is 94.8 Å². The zero-order valence-electron chi connectivity index (χ0n) is 18.6. The summed E-state index contributed by atoms with van der Waals surface area (Å²) in [7, 11) is 0. The molecule has 1 aliphatic heterocycles. The molecule has 166 valence electrons. The molecule has 1 N–H and O–H groups in total. The van der Waals surface area contributed by atoms with Crippen molar-refractivity contribution in [3.05, 3.63) is 58.1 Å². The molecule has 0 radical (unpaired) electrons. The Morgan fingerprint density at radius 2 is 1.58 bits per heavy atom. The van der Waals surface area contributed by atoms with Crippen LogP contribution in [0.3, 0.4) is 0 Å². The van der Waals surface area contributed by atoms with E-state index in [1.165, 1.54) is 44.1 Å². The topological polar surface area (TPSA) is 63.6 Å². The number of carbonyl (C=O) groups excluding carboxylic acids is 2. The molecule has 0 bridgehead atoms. The predicted octanol–water partition coefficient (Wildman–Crippen LogP) is 6.46. The van der Waals surface area contributed by atoms with Crippen LogP contribution in [0.15, 0.2) is 46.9 Å². The summed E-state index contributed by atoms with van der Waals surface area (Å²) in [5.41, 5.74) is 2.96. The molecule has 0 spiro atoms. The molecule has 3 aliphatic rings. The second-order valence-corrected chi connectivity index (χ2v) is 9.28. The van der Waals surface area contributed by atoms with Gasteiger partial charge in [-0.05, 0) is 36.8 Å². The van der Waals surface area contributed by atoms with E-state index < -0.39 is 5.78 Å². The van der Waals surface area contributed by atoms with Gasteiger partial charge >= 0.3 is 0 Å². The highest BCUT2D eigenvalue weighted by atomic mass is 16.5. The van der Waals surface area contributed by atoms with E-state index in [2.05, 4.69) is 19.1 Å². The number of rotatable bonds is 10. The number of Topliss-reactive ketones (excluding diaryl/α,β-unsaturated/α-hetero) is 2. The number of benzene rings is 1. The minimum atomic E-state index is -0.407. The highest BCUT2D eigenvalue weighted by molar-refractivity contribution is 6.23. The number of allylic oxidation sites excluding steroid dienone is 2. The first kappa shape index (κ1) is 21.9. The molecule has 4 nitrogen and oxygen atoms in total. The lowest BCUT2D eigenvalue weighted by atomic mass is 9.82. The summed E-state index contributed by atoms with van der Waals surface area (Å²) in [6.45, 7) is 2.23. The van der Waals surface area contributed by atoms with Crippen LogP contribution in [0.25, 0.3) is 0 Å². The highest BCUT2D eigenvalue weighted by Crippen LogP contribution is 2.48. The number of unbranched alkanes of at least 4 members (excludes halogenated alkanes) is 8. The van der Waals surface area contributed by atoms with E-state index in [1.807, 2.05) is 12.1 Å². The summed E-state index contributed by atoms with van der Waals surface area (Å²) in [4.78, 5) is 26.0. The second-order valence-electron chi connectivity index (χ2n) is 9.28. The fourth-order valence-corrected chi connectivity index (χ4v) is 5.29. The fraction of sp³-hybridized carbons (Fsp3) is 0.556. The van der Waals surface area contributed by atoms with E-state index in [-0.39, 0.29) is 34.9 Å². The van der Waals surface area contributed by atoms with Crippen LogP contribution >= 0.6 is 0 Å². The zero-order valence-corrected chi connectivity index (χ0v) is 18.6. The Balaban J connectivity index is 1.33. The maximum Gasteiger partial charge on any atom is 0.227 e. The number of aliphatic hydroxyl groups excluding tert-OH is 1. The molecule has 0 aromatic heterocycles. The van der Waals surface area contributed by atoms with Crippen LogP contribution in [0.2, 0.25) is 0 Å². The van der Waals surface area contributed by atoms with Crippen molar-refractivity contribution in [2.75, 3.05) is 0 Å². The average molecular weight is 423 g/mol. The van der Waals surface area contributed by atoms with Crippen LogP contribution in [0, 0.1) is 5.92 Å². The third-order valence-electron chi connectivity index (χ3n) is 7.04. The minimum absolute atomic E-state index is 0.152. The van der Waals surface area contributed by atoms with Crippen molar-refractivity contribution < 1.29 is 19.4 Å². The molecule has 0 amide bonds. The Kier molecular flexibility index (Phi) is 6.94. The van der Waals surface area contributed by atoms with Crippen LogP contribution < -0.4 is 0 Å². The first-order valence-corrected chi connectivity index (χ1v) is 12.1. The Hall–Kier alpha value is -2.36. The van der Waals surface area contributed by atoms with Crippen molar-refractivity contribution in [1.82, 2.24) is 0 Å². The largest absolute Gasteiger partial charge is 0.504 e. The van der Waals surface area contributed by atoms with Gasteiger partial charge in [0.1, 0.15) is 6.10 Å². The molecular weight excluding hydrogens is 388 g/mol. The molecule has 0 unspecified atom stereocenters. The first-order chi connectivity index (χ1) is 15.1. The standard InChI is InChI=1S/C27H34O4/c1-2-3-4-5-6-7-8-9-10-15-21-23(28)24(29)22-17-19-16-18-13-11-12-14-20(18)26(19)31-27(22)25(21)30/h11-14,19,26,28H,2-10,15-17H2,1H3/t19-,26+/m1/s1. The summed E-state index contributed by atoms with van der Waals surface area (Å²) in [5.74, 6) is -0.698. The lowest BCUT2D eigenvalue weighted by molar-refractivity contribution is -0.123. The Bertz CT molecular complexity index is 908. The number of carbonyl (C=O) groups is 2. The summed E-state index contributed by atoms with van der Waals surface area (Å²) in [6.07, 6.45) is 12.2. The third kappa shape index (κ3) is 4.49. The van der Waals surface area contributed by atoms with Gasteiger partial charge in [0.05, 0.1) is 0 Å². The zero-order chi connectivity index (χ0) is 21.8. The summed E-state index contributed by atoms with van der Waals surface area (Å²) in [6, 6.07) is 8.14. The van der Waals surface area contributed by atoms with Crippen molar-refractivity contribution in [3.8, 4) is 0 Å². The molecule has 0 fully saturated rings. The third-order valence-corrected chi connectivity index (χ3v) is 7.04. The van der Waals surface area contributed by atoms with Gasteiger partial charge in [-0.15, -0.1) is 0 Å². The van der Waals surface area contributed by atoms with E-state index in [0.717, 1.165) is 31.2 Å². The molecule has 4 heteroatoms. The van der Waals surface area contributed by atoms with Crippen molar-refractivity contribution in [2.24, 2.45) is 5.92 Å². The van der Waals surface area contributed by atoms with Crippen LogP contribution in [-0.2, 0) is 20.7 Å². The van der Waals surface area contributed by atoms with Crippen molar-refractivity contribution in [1.29, 1.82) is 0 Å². The van der Waals surface area contributed by atoms with Crippen LogP contribution in [-0.4, -0.2) is 16.7 Å². The smallest absolute Gasteiger partial charge is 0.227 e. The molecule has 31 heavy (non-hydrogen) atoms. The monoisotopic (exact) mass is 422 g/mol. The summed E-state index contributed by atoms with van der Waals surface area (Å²) >= 11 is 0. The number of fused-ring (bicyclic) bond motifs is 3. The highest BCUT2D eigenvalue weighted by Gasteiger charge is 2.45. The molecule has 2 aliphatic carbocycles. The first-order valence-electron chi connectivity index (χ1n) is 12.1. The van der Waals surface area contributed by atoms with Gasteiger partial charge in [-0.3, -0.25) is 9.59 Å². The van der Waals surface area contributed by atoms with E-state index in [9.17, 15) is 14.7 Å². The van der Waals surface area contributed by atoms with E-state index in [4.69, 9.17) is 4.74 Å². The normalized spacial score (nSPS) is 22.4. The summed E-state index contributed by atoms with van der Waals surface area (Å²) in [5, 5.41) is 10.5. The number of ketones is 2. The van der Waals surface area contributed by atoms with Gasteiger partial charge < -0.3 is 9.84 Å². The van der Waals surface area contributed by atoms with Gasteiger partial charge in [0.15, 0.2) is 11.5 Å². The predicted molar refractivity (Wildman–Crippen MR) is 121 cm³/mol. The molecule has 1 aromatic carbocycles. The number of ether oxygens (including phenoxy) is 1. The van der Waals surface area contributed by atoms with Gasteiger partial charge in [0, 0.05) is 17.1 Å². The lowest BCUT2D eigenvalue weighted by Gasteiger charge is -2.32. The maximum atomic E-state index is 13.1. The molecule has 0 saturated carbocycles. The Morgan fingerprint density at radius 1 is 0.903 bits per heavy atom. The van der Waals surface area contributed by atoms with Crippen molar-refractivity contribution in [2.45, 2.75) is 90.1 Å². The van der Waals surface area contributed by atoms with Gasteiger partial charge in [-0.1, -0.05) is 82.6 Å².